The highest BCUT2D eigenvalue weighted by Gasteiger charge is 2.18. The Balaban J connectivity index is 1.50. The summed E-state index contributed by atoms with van der Waals surface area (Å²) >= 11 is 0. The highest BCUT2D eigenvalue weighted by molar-refractivity contribution is 5.91. The van der Waals surface area contributed by atoms with Crippen molar-refractivity contribution in [2.45, 2.75) is 25.6 Å². The molecule has 4 rings (SSSR count). The van der Waals surface area contributed by atoms with Crippen LogP contribution in [0.3, 0.4) is 0 Å². The minimum absolute atomic E-state index is 0.0639. The Bertz CT molecular complexity index is 1070. The molecule has 164 valence electrons. The van der Waals surface area contributed by atoms with E-state index in [0.29, 0.717) is 25.3 Å². The summed E-state index contributed by atoms with van der Waals surface area (Å²) in [6.07, 6.45) is 7.46. The van der Waals surface area contributed by atoms with Crippen LogP contribution in [0.15, 0.2) is 79.1 Å². The number of pyridine rings is 1. The van der Waals surface area contributed by atoms with Crippen molar-refractivity contribution in [2.75, 3.05) is 13.2 Å². The van der Waals surface area contributed by atoms with E-state index in [-0.39, 0.29) is 17.8 Å². The summed E-state index contributed by atoms with van der Waals surface area (Å²) in [5.74, 6) is 0.268. The van der Waals surface area contributed by atoms with Gasteiger partial charge in [0.1, 0.15) is 17.7 Å². The first-order valence-electron chi connectivity index (χ1n) is 10.6. The van der Waals surface area contributed by atoms with Crippen LogP contribution in [0.5, 0.6) is 5.75 Å². The molecule has 0 N–H and O–H groups in total. The van der Waals surface area contributed by atoms with E-state index >= 15 is 0 Å². The number of amides is 1. The Morgan fingerprint density at radius 1 is 1.09 bits per heavy atom. The summed E-state index contributed by atoms with van der Waals surface area (Å²) in [5, 5.41) is 0. The number of aromatic nitrogens is 1. The van der Waals surface area contributed by atoms with Crippen molar-refractivity contribution >= 4 is 12.0 Å². The largest absolute Gasteiger partial charge is 0.488 e. The fourth-order valence-corrected chi connectivity index (χ4v) is 3.54. The van der Waals surface area contributed by atoms with Crippen molar-refractivity contribution in [3.8, 4) is 5.75 Å². The van der Waals surface area contributed by atoms with E-state index in [9.17, 15) is 9.18 Å². The van der Waals surface area contributed by atoms with Crippen LogP contribution in [-0.4, -0.2) is 35.1 Å². The molecule has 1 aliphatic heterocycles. The molecule has 1 saturated heterocycles. The molecule has 1 atom stereocenters. The van der Waals surface area contributed by atoms with Crippen LogP contribution in [0.1, 0.15) is 23.1 Å². The topological polar surface area (TPSA) is 51.7 Å². The Kier molecular flexibility index (Phi) is 7.25. The van der Waals surface area contributed by atoms with Crippen LogP contribution in [0.4, 0.5) is 4.39 Å². The first-order chi connectivity index (χ1) is 15.7. The molecule has 0 saturated carbocycles. The Morgan fingerprint density at radius 2 is 1.91 bits per heavy atom. The summed E-state index contributed by atoms with van der Waals surface area (Å²) in [6, 6.07) is 17.7. The molecule has 0 spiro atoms. The van der Waals surface area contributed by atoms with Crippen molar-refractivity contribution in [1.29, 1.82) is 0 Å². The third-order valence-corrected chi connectivity index (χ3v) is 5.16. The molecule has 0 radical (unpaired) electrons. The number of halogens is 1. The zero-order valence-corrected chi connectivity index (χ0v) is 17.7. The van der Waals surface area contributed by atoms with Crippen molar-refractivity contribution in [3.05, 3.63) is 102 Å². The van der Waals surface area contributed by atoms with E-state index in [4.69, 9.17) is 9.47 Å². The lowest BCUT2D eigenvalue weighted by Gasteiger charge is -2.22. The Hall–Kier alpha value is -3.51. The number of ether oxygens (including phenoxy) is 2. The monoisotopic (exact) mass is 432 g/mol. The number of rotatable bonds is 8. The van der Waals surface area contributed by atoms with Gasteiger partial charge < -0.3 is 14.4 Å². The molecular weight excluding hydrogens is 407 g/mol. The Morgan fingerprint density at radius 3 is 2.69 bits per heavy atom. The zero-order chi connectivity index (χ0) is 22.2. The van der Waals surface area contributed by atoms with Crippen molar-refractivity contribution in [3.63, 3.8) is 0 Å². The van der Waals surface area contributed by atoms with Crippen LogP contribution in [0.25, 0.3) is 6.08 Å². The molecule has 0 aliphatic carbocycles. The molecule has 2 heterocycles. The van der Waals surface area contributed by atoms with E-state index in [1.807, 2.05) is 36.4 Å². The molecule has 3 aromatic rings. The fraction of sp³-hybridized carbons (Fsp3) is 0.231. The molecule has 32 heavy (non-hydrogen) atoms. The predicted molar refractivity (Wildman–Crippen MR) is 120 cm³/mol. The highest BCUT2D eigenvalue weighted by Crippen LogP contribution is 2.20. The third-order valence-electron chi connectivity index (χ3n) is 5.16. The van der Waals surface area contributed by atoms with Crippen molar-refractivity contribution in [2.24, 2.45) is 0 Å². The molecule has 0 unspecified atom stereocenters. The molecule has 1 aromatic heterocycles. The highest BCUT2D eigenvalue weighted by atomic mass is 19.1. The summed E-state index contributed by atoms with van der Waals surface area (Å²) in [5.41, 5.74) is 2.57. The van der Waals surface area contributed by atoms with Gasteiger partial charge in [-0.15, -0.1) is 0 Å². The van der Waals surface area contributed by atoms with Gasteiger partial charge in [-0.25, -0.2) is 4.39 Å². The SMILES string of the molecule is O=C(/C=C/c1cccc(F)c1)N(Cc1ccncc1)Cc1cccc(O[C@H]2CCOC2)c1. The van der Waals surface area contributed by atoms with E-state index < -0.39 is 0 Å². The molecule has 1 fully saturated rings. The van der Waals surface area contributed by atoms with Gasteiger partial charge >= 0.3 is 0 Å². The van der Waals surface area contributed by atoms with Crippen LogP contribution in [-0.2, 0) is 22.6 Å². The average Bonchev–Trinajstić information content (AvgIpc) is 3.31. The maximum absolute atomic E-state index is 13.5. The molecule has 6 heteroatoms. The maximum Gasteiger partial charge on any atom is 0.247 e. The van der Waals surface area contributed by atoms with Gasteiger partial charge in [0.25, 0.3) is 0 Å². The molecule has 2 aromatic carbocycles. The summed E-state index contributed by atoms with van der Waals surface area (Å²) in [7, 11) is 0. The molecule has 5 nitrogen and oxygen atoms in total. The molecule has 1 aliphatic rings. The third kappa shape index (κ3) is 6.25. The minimum Gasteiger partial charge on any atom is -0.488 e. The predicted octanol–water partition coefficient (Wildman–Crippen LogP) is 4.63. The van der Waals surface area contributed by atoms with E-state index in [1.54, 1.807) is 35.5 Å². The number of hydrogen-bond acceptors (Lipinski definition) is 4. The van der Waals surface area contributed by atoms with Crippen molar-refractivity contribution < 1.29 is 18.7 Å². The number of nitrogens with zero attached hydrogens (tertiary/aromatic N) is 2. The second-order valence-corrected chi connectivity index (χ2v) is 7.69. The van der Waals surface area contributed by atoms with Crippen LogP contribution in [0, 0.1) is 5.82 Å². The lowest BCUT2D eigenvalue weighted by Crippen LogP contribution is -2.28. The minimum atomic E-state index is -0.335. The summed E-state index contributed by atoms with van der Waals surface area (Å²) in [6.45, 7) is 2.15. The number of hydrogen-bond donors (Lipinski definition) is 0. The molecule has 0 bridgehead atoms. The quantitative estimate of drug-likeness (QED) is 0.487. The standard InChI is InChI=1S/C26H25FN2O3/c27-23-5-1-3-20(15-23)7-8-26(30)29(17-21-9-12-28-13-10-21)18-22-4-2-6-24(16-22)32-25-11-14-31-19-25/h1-10,12-13,15-16,25H,11,14,17-19H2/b8-7+/t25-/m0/s1. The van der Waals surface area contributed by atoms with E-state index in [1.165, 1.54) is 18.2 Å². The summed E-state index contributed by atoms with van der Waals surface area (Å²) < 4.78 is 24.8. The lowest BCUT2D eigenvalue weighted by atomic mass is 10.1. The van der Waals surface area contributed by atoms with E-state index in [2.05, 4.69) is 4.98 Å². The van der Waals surface area contributed by atoms with Gasteiger partial charge in [0, 0.05) is 38.0 Å². The average molecular weight is 432 g/mol. The van der Waals surface area contributed by atoms with Gasteiger partial charge in [-0.05, 0) is 59.2 Å². The summed E-state index contributed by atoms with van der Waals surface area (Å²) in [4.78, 5) is 18.8. The van der Waals surface area contributed by atoms with Gasteiger partial charge in [0.15, 0.2) is 0 Å². The number of carbonyl (C=O) groups is 1. The van der Waals surface area contributed by atoms with Crippen LogP contribution in [0.2, 0.25) is 0 Å². The maximum atomic E-state index is 13.5. The molecular formula is C26H25FN2O3. The van der Waals surface area contributed by atoms with Crippen molar-refractivity contribution in [1.82, 2.24) is 9.88 Å². The number of carbonyl (C=O) groups excluding carboxylic acids is 1. The van der Waals surface area contributed by atoms with Gasteiger partial charge in [0.2, 0.25) is 5.91 Å². The normalized spacial score (nSPS) is 15.7. The zero-order valence-electron chi connectivity index (χ0n) is 17.7. The lowest BCUT2D eigenvalue weighted by molar-refractivity contribution is -0.127. The second-order valence-electron chi connectivity index (χ2n) is 7.69. The fourth-order valence-electron chi connectivity index (χ4n) is 3.54. The first kappa shape index (κ1) is 21.7. The van der Waals surface area contributed by atoms with E-state index in [0.717, 1.165) is 29.9 Å². The van der Waals surface area contributed by atoms with Gasteiger partial charge in [-0.3, -0.25) is 9.78 Å². The molecule has 1 amide bonds. The Labute approximate surface area is 187 Å². The van der Waals surface area contributed by atoms with Gasteiger partial charge in [0.05, 0.1) is 13.2 Å². The van der Waals surface area contributed by atoms with Crippen LogP contribution >= 0.6 is 0 Å². The first-order valence-corrected chi connectivity index (χ1v) is 10.6. The van der Waals surface area contributed by atoms with Crippen LogP contribution < -0.4 is 4.74 Å². The number of benzene rings is 2. The van der Waals surface area contributed by atoms with Gasteiger partial charge in [-0.2, -0.15) is 0 Å². The smallest absolute Gasteiger partial charge is 0.247 e. The second kappa shape index (κ2) is 10.7. The van der Waals surface area contributed by atoms with Gasteiger partial charge in [-0.1, -0.05) is 24.3 Å².